The third-order valence-corrected chi connectivity index (χ3v) is 4.81. The van der Waals surface area contributed by atoms with E-state index in [0.29, 0.717) is 25.5 Å². The predicted octanol–water partition coefficient (Wildman–Crippen LogP) is 1.73. The van der Waals surface area contributed by atoms with Gasteiger partial charge in [-0.15, -0.1) is 0 Å². The molecule has 0 radical (unpaired) electrons. The van der Waals surface area contributed by atoms with Gasteiger partial charge in [0, 0.05) is 30.0 Å². The quantitative estimate of drug-likeness (QED) is 0.832. The molecule has 1 aromatic rings. The summed E-state index contributed by atoms with van der Waals surface area (Å²) in [5.74, 6) is -0.317. The molecule has 1 amide bonds. The van der Waals surface area contributed by atoms with E-state index in [2.05, 4.69) is 5.32 Å². The maximum Gasteiger partial charge on any atom is 0.268 e. The zero-order valence-electron chi connectivity index (χ0n) is 12.1. The fraction of sp³-hybridized carbons (Fsp3) is 0.615. The smallest absolute Gasteiger partial charge is 0.268 e. The van der Waals surface area contributed by atoms with E-state index in [1.807, 2.05) is 13.8 Å². The van der Waals surface area contributed by atoms with Crippen LogP contribution in [0.25, 0.3) is 0 Å². The molecule has 1 saturated heterocycles. The van der Waals surface area contributed by atoms with Crippen molar-refractivity contribution in [2.75, 3.05) is 13.2 Å². The first-order chi connectivity index (χ1) is 9.75. The number of carbonyl (C=O) groups excluding carboxylic acids is 1. The van der Waals surface area contributed by atoms with Crippen molar-refractivity contribution < 1.29 is 17.9 Å². The molecule has 1 aromatic heterocycles. The molecule has 118 valence electrons. The van der Waals surface area contributed by atoms with Gasteiger partial charge in [-0.05, 0) is 25.8 Å². The number of aryl methyl sites for hydroxylation is 1. The normalized spacial score (nSPS) is 22.4. The summed E-state index contributed by atoms with van der Waals surface area (Å²) < 4.78 is 29.8. The Kier molecular flexibility index (Phi) is 4.65. The van der Waals surface area contributed by atoms with E-state index in [-0.39, 0.29) is 10.8 Å². The Labute approximate surface area is 128 Å². The molecule has 0 bridgehead atoms. The van der Waals surface area contributed by atoms with Gasteiger partial charge in [-0.25, -0.2) is 8.42 Å². The lowest BCUT2D eigenvalue weighted by atomic mass is 10.0. The molecule has 1 aliphatic heterocycles. The number of hydrogen-bond donors (Lipinski definition) is 1. The first-order valence-electron chi connectivity index (χ1n) is 6.80. The van der Waals surface area contributed by atoms with Crippen LogP contribution in [-0.2, 0) is 20.3 Å². The van der Waals surface area contributed by atoms with Crippen molar-refractivity contribution in [3.8, 4) is 0 Å². The number of hydrogen-bond acceptors (Lipinski definition) is 4. The van der Waals surface area contributed by atoms with E-state index in [9.17, 15) is 13.2 Å². The second-order valence-electron chi connectivity index (χ2n) is 5.51. The fourth-order valence-electron chi connectivity index (χ4n) is 2.34. The number of amides is 1. The summed E-state index contributed by atoms with van der Waals surface area (Å²) in [6.07, 6.45) is 2.90. The molecule has 1 atom stereocenters. The first kappa shape index (κ1) is 16.3. The molecule has 8 heteroatoms. The molecule has 1 aliphatic rings. The Bertz CT molecular complexity index is 633. The van der Waals surface area contributed by atoms with Gasteiger partial charge >= 0.3 is 0 Å². The minimum absolute atomic E-state index is 0.0596. The van der Waals surface area contributed by atoms with Crippen LogP contribution in [0.4, 0.5) is 0 Å². The minimum atomic E-state index is -3.85. The third-order valence-electron chi connectivity index (χ3n) is 3.48. The van der Waals surface area contributed by atoms with Crippen molar-refractivity contribution in [1.29, 1.82) is 0 Å². The van der Waals surface area contributed by atoms with Crippen LogP contribution in [0.2, 0.25) is 0 Å². The minimum Gasteiger partial charge on any atom is -0.379 e. The van der Waals surface area contributed by atoms with Crippen molar-refractivity contribution in [3.05, 3.63) is 18.0 Å². The number of aromatic nitrogens is 1. The van der Waals surface area contributed by atoms with Gasteiger partial charge in [0.05, 0.1) is 12.1 Å². The van der Waals surface area contributed by atoms with Crippen LogP contribution in [-0.4, -0.2) is 37.6 Å². The highest BCUT2D eigenvalue weighted by atomic mass is 35.7. The molecule has 1 N–H and O–H groups in total. The summed E-state index contributed by atoms with van der Waals surface area (Å²) in [5, 5.41) is 2.91. The Balaban J connectivity index is 2.28. The second-order valence-corrected chi connectivity index (χ2v) is 8.08. The molecule has 0 aliphatic carbocycles. The van der Waals surface area contributed by atoms with Gasteiger partial charge in [0.15, 0.2) is 0 Å². The molecule has 1 fully saturated rings. The number of halogens is 1. The summed E-state index contributed by atoms with van der Waals surface area (Å²) in [6, 6.07) is 1.31. The van der Waals surface area contributed by atoms with Crippen molar-refractivity contribution in [2.45, 2.75) is 43.7 Å². The van der Waals surface area contributed by atoms with Crippen LogP contribution in [0.3, 0.4) is 0 Å². The lowest BCUT2D eigenvalue weighted by Crippen LogP contribution is -2.46. The van der Waals surface area contributed by atoms with Crippen LogP contribution in [0.1, 0.15) is 37.2 Å². The zero-order chi connectivity index (χ0) is 15.7. The van der Waals surface area contributed by atoms with E-state index in [1.165, 1.54) is 12.3 Å². The van der Waals surface area contributed by atoms with Crippen LogP contribution >= 0.6 is 10.7 Å². The van der Waals surface area contributed by atoms with Gasteiger partial charge in [0.1, 0.15) is 10.6 Å². The molecular formula is C13H19ClN2O4S. The number of ether oxygens (including phenoxy) is 1. The average molecular weight is 335 g/mol. The summed E-state index contributed by atoms with van der Waals surface area (Å²) in [6.45, 7) is 5.46. The molecular weight excluding hydrogens is 316 g/mol. The van der Waals surface area contributed by atoms with Crippen molar-refractivity contribution >= 4 is 25.6 Å². The van der Waals surface area contributed by atoms with Crippen LogP contribution in [0.5, 0.6) is 0 Å². The van der Waals surface area contributed by atoms with Gasteiger partial charge in [0.25, 0.3) is 15.0 Å². The Hall–Kier alpha value is -1.05. The third kappa shape index (κ3) is 3.78. The van der Waals surface area contributed by atoms with Gasteiger partial charge in [-0.3, -0.25) is 4.79 Å². The Morgan fingerprint density at radius 2 is 2.29 bits per heavy atom. The highest BCUT2D eigenvalue weighted by Crippen LogP contribution is 2.22. The summed E-state index contributed by atoms with van der Waals surface area (Å²) >= 11 is 0. The van der Waals surface area contributed by atoms with E-state index >= 15 is 0 Å². The predicted molar refractivity (Wildman–Crippen MR) is 79.1 cm³/mol. The summed E-state index contributed by atoms with van der Waals surface area (Å²) in [4.78, 5) is 12.4. The molecule has 21 heavy (non-hydrogen) atoms. The van der Waals surface area contributed by atoms with E-state index < -0.39 is 14.6 Å². The molecule has 1 unspecified atom stereocenters. The zero-order valence-corrected chi connectivity index (χ0v) is 13.6. The molecule has 0 saturated carbocycles. The molecule has 0 aromatic carbocycles. The molecule has 2 heterocycles. The van der Waals surface area contributed by atoms with Crippen LogP contribution < -0.4 is 5.32 Å². The van der Waals surface area contributed by atoms with Crippen molar-refractivity contribution in [1.82, 2.24) is 9.88 Å². The Morgan fingerprint density at radius 3 is 2.81 bits per heavy atom. The summed E-state index contributed by atoms with van der Waals surface area (Å²) in [7, 11) is 1.50. The lowest BCUT2D eigenvalue weighted by molar-refractivity contribution is 0.0880. The molecule has 6 nitrogen and oxygen atoms in total. The molecule has 0 spiro atoms. The second kappa shape index (κ2) is 5.98. The fourth-order valence-corrected chi connectivity index (χ4v) is 3.10. The highest BCUT2D eigenvalue weighted by Gasteiger charge is 2.32. The molecule has 2 rings (SSSR count). The Morgan fingerprint density at radius 1 is 1.57 bits per heavy atom. The van der Waals surface area contributed by atoms with Gasteiger partial charge < -0.3 is 14.6 Å². The monoisotopic (exact) mass is 334 g/mol. The number of rotatable bonds is 5. The summed E-state index contributed by atoms with van der Waals surface area (Å²) in [5.41, 5.74) is -0.123. The first-order valence-corrected chi connectivity index (χ1v) is 9.11. The highest BCUT2D eigenvalue weighted by molar-refractivity contribution is 8.13. The van der Waals surface area contributed by atoms with E-state index in [0.717, 1.165) is 12.8 Å². The van der Waals surface area contributed by atoms with E-state index in [4.69, 9.17) is 15.4 Å². The topological polar surface area (TPSA) is 77.4 Å². The standard InChI is InChI=1S/C13H19ClN2O4S/c1-3-5-16-8-10(21(14,18)19)7-11(16)12(17)15-13(2)4-6-20-9-13/h7-8H,3-6,9H2,1-2H3,(H,15,17). The maximum absolute atomic E-state index is 12.4. The lowest BCUT2D eigenvalue weighted by Gasteiger charge is -2.23. The van der Waals surface area contributed by atoms with Gasteiger partial charge in [-0.1, -0.05) is 6.92 Å². The van der Waals surface area contributed by atoms with E-state index in [1.54, 1.807) is 4.57 Å². The largest absolute Gasteiger partial charge is 0.379 e. The van der Waals surface area contributed by atoms with Gasteiger partial charge in [0.2, 0.25) is 0 Å². The number of nitrogens with zero attached hydrogens (tertiary/aromatic N) is 1. The van der Waals surface area contributed by atoms with Crippen molar-refractivity contribution in [2.24, 2.45) is 0 Å². The van der Waals surface area contributed by atoms with Crippen LogP contribution in [0, 0.1) is 0 Å². The number of nitrogens with one attached hydrogen (secondary N) is 1. The SMILES string of the molecule is CCCn1cc(S(=O)(=O)Cl)cc1C(=O)NC1(C)CCOC1. The van der Waals surface area contributed by atoms with Gasteiger partial charge in [-0.2, -0.15) is 0 Å². The number of carbonyl (C=O) groups is 1. The maximum atomic E-state index is 12.4. The van der Waals surface area contributed by atoms with Crippen molar-refractivity contribution in [3.63, 3.8) is 0 Å². The van der Waals surface area contributed by atoms with Crippen LogP contribution in [0.15, 0.2) is 17.2 Å². The average Bonchev–Trinajstić information content (AvgIpc) is 2.96.